The molecule has 1 rings (SSSR count). The summed E-state index contributed by atoms with van der Waals surface area (Å²) in [7, 11) is 1.60. The number of hydrogen-bond acceptors (Lipinski definition) is 6. The zero-order chi connectivity index (χ0) is 22.4. The van der Waals surface area contributed by atoms with Crippen molar-refractivity contribution in [3.8, 4) is 5.75 Å². The Morgan fingerprint density at radius 3 is 2.23 bits per heavy atom. The Labute approximate surface area is 179 Å². The van der Waals surface area contributed by atoms with Crippen LogP contribution in [0, 0.1) is 0 Å². The first kappa shape index (κ1) is 25.6. The standard InChI is InChI=1S/C22H36N2O6/c1-22(2,3)30-21(27)24(15-7-8-16-25)14-6-5-13-23-20(26)29-17-18-9-11-19(28-4)12-10-18/h9-12,25H,5-8,13-17H2,1-4H3,(H,23,26). The van der Waals surface area contributed by atoms with Crippen molar-refractivity contribution >= 4 is 12.2 Å². The summed E-state index contributed by atoms with van der Waals surface area (Å²) in [6.07, 6.45) is 1.95. The van der Waals surface area contributed by atoms with Gasteiger partial charge in [-0.15, -0.1) is 0 Å². The first-order valence-corrected chi connectivity index (χ1v) is 10.4. The lowest BCUT2D eigenvalue weighted by atomic mass is 10.2. The first-order valence-electron chi connectivity index (χ1n) is 10.4. The molecule has 2 amide bonds. The fourth-order valence-corrected chi connectivity index (χ4v) is 2.58. The number of nitrogens with one attached hydrogen (secondary N) is 1. The summed E-state index contributed by atoms with van der Waals surface area (Å²) in [5.74, 6) is 0.750. The summed E-state index contributed by atoms with van der Waals surface area (Å²) in [5, 5.41) is 11.7. The Bertz CT molecular complexity index is 628. The Kier molecular flexibility index (Phi) is 11.7. The lowest BCUT2D eigenvalue weighted by Crippen LogP contribution is -2.38. The maximum Gasteiger partial charge on any atom is 0.410 e. The van der Waals surface area contributed by atoms with Crippen molar-refractivity contribution in [2.75, 3.05) is 33.4 Å². The molecule has 0 saturated heterocycles. The monoisotopic (exact) mass is 424 g/mol. The topological polar surface area (TPSA) is 97.3 Å². The van der Waals surface area contributed by atoms with Gasteiger partial charge in [0.2, 0.25) is 0 Å². The number of ether oxygens (including phenoxy) is 3. The van der Waals surface area contributed by atoms with Crippen molar-refractivity contribution in [2.45, 2.75) is 58.7 Å². The fraction of sp³-hybridized carbons (Fsp3) is 0.636. The van der Waals surface area contributed by atoms with Crippen LogP contribution >= 0.6 is 0 Å². The van der Waals surface area contributed by atoms with Gasteiger partial charge in [0.05, 0.1) is 7.11 Å². The zero-order valence-electron chi connectivity index (χ0n) is 18.6. The van der Waals surface area contributed by atoms with Crippen molar-refractivity contribution in [3.63, 3.8) is 0 Å². The lowest BCUT2D eigenvalue weighted by Gasteiger charge is -2.27. The van der Waals surface area contributed by atoms with Crippen LogP contribution in [0.25, 0.3) is 0 Å². The number of aliphatic hydroxyl groups excluding tert-OH is 1. The van der Waals surface area contributed by atoms with Crippen LogP contribution in [0.3, 0.4) is 0 Å². The van der Waals surface area contributed by atoms with Gasteiger partial charge in [0.1, 0.15) is 18.0 Å². The van der Waals surface area contributed by atoms with E-state index >= 15 is 0 Å². The molecular formula is C22H36N2O6. The summed E-state index contributed by atoms with van der Waals surface area (Å²) in [6.45, 7) is 7.31. The third-order valence-corrected chi connectivity index (χ3v) is 4.14. The van der Waals surface area contributed by atoms with Gasteiger partial charge in [-0.2, -0.15) is 0 Å². The van der Waals surface area contributed by atoms with E-state index in [0.717, 1.165) is 17.7 Å². The van der Waals surface area contributed by atoms with Gasteiger partial charge in [0, 0.05) is 26.2 Å². The van der Waals surface area contributed by atoms with E-state index in [0.29, 0.717) is 38.9 Å². The zero-order valence-corrected chi connectivity index (χ0v) is 18.6. The second kappa shape index (κ2) is 13.7. The highest BCUT2D eigenvalue weighted by atomic mass is 16.6. The predicted octanol–water partition coefficient (Wildman–Crippen LogP) is 3.71. The van der Waals surface area contributed by atoms with Crippen LogP contribution in [0.5, 0.6) is 5.75 Å². The van der Waals surface area contributed by atoms with E-state index in [-0.39, 0.29) is 19.3 Å². The van der Waals surface area contributed by atoms with Crippen LogP contribution in [-0.4, -0.2) is 61.1 Å². The second-order valence-electron chi connectivity index (χ2n) is 7.96. The van der Waals surface area contributed by atoms with Crippen molar-refractivity contribution < 1.29 is 28.9 Å². The number of carbonyl (C=O) groups excluding carboxylic acids is 2. The largest absolute Gasteiger partial charge is 0.497 e. The lowest BCUT2D eigenvalue weighted by molar-refractivity contribution is 0.0241. The van der Waals surface area contributed by atoms with E-state index in [1.54, 1.807) is 12.0 Å². The fourth-order valence-electron chi connectivity index (χ4n) is 2.58. The molecule has 0 unspecified atom stereocenters. The van der Waals surface area contributed by atoms with E-state index in [9.17, 15) is 9.59 Å². The highest BCUT2D eigenvalue weighted by molar-refractivity contribution is 5.68. The van der Waals surface area contributed by atoms with Crippen LogP contribution in [0.4, 0.5) is 9.59 Å². The molecule has 170 valence electrons. The smallest absolute Gasteiger partial charge is 0.410 e. The average Bonchev–Trinajstić information content (AvgIpc) is 2.69. The second-order valence-corrected chi connectivity index (χ2v) is 7.96. The number of benzene rings is 1. The number of methoxy groups -OCH3 is 1. The van der Waals surface area contributed by atoms with Crippen LogP contribution in [0.1, 0.15) is 52.0 Å². The maximum atomic E-state index is 12.3. The van der Waals surface area contributed by atoms with Gasteiger partial charge in [0.15, 0.2) is 0 Å². The number of alkyl carbamates (subject to hydrolysis) is 1. The Hall–Kier alpha value is -2.48. The SMILES string of the molecule is COc1ccc(COC(=O)NCCCCN(CCCCO)C(=O)OC(C)(C)C)cc1. The van der Waals surface area contributed by atoms with E-state index in [1.165, 1.54) is 0 Å². The maximum absolute atomic E-state index is 12.3. The predicted molar refractivity (Wildman–Crippen MR) is 115 cm³/mol. The van der Waals surface area contributed by atoms with Gasteiger partial charge < -0.3 is 29.5 Å². The van der Waals surface area contributed by atoms with Crippen molar-refractivity contribution in [2.24, 2.45) is 0 Å². The normalized spacial score (nSPS) is 11.0. The number of hydrogen-bond donors (Lipinski definition) is 2. The molecule has 0 atom stereocenters. The molecule has 8 nitrogen and oxygen atoms in total. The minimum absolute atomic E-state index is 0.102. The van der Waals surface area contributed by atoms with Gasteiger partial charge in [-0.25, -0.2) is 9.59 Å². The highest BCUT2D eigenvalue weighted by Crippen LogP contribution is 2.13. The first-order chi connectivity index (χ1) is 14.2. The van der Waals surface area contributed by atoms with Gasteiger partial charge in [-0.3, -0.25) is 0 Å². The minimum atomic E-state index is -0.554. The van der Waals surface area contributed by atoms with E-state index < -0.39 is 11.7 Å². The quantitative estimate of drug-likeness (QED) is 0.497. The summed E-state index contributed by atoms with van der Waals surface area (Å²) in [6, 6.07) is 7.31. The minimum Gasteiger partial charge on any atom is -0.497 e. The molecule has 0 bridgehead atoms. The van der Waals surface area contributed by atoms with Gasteiger partial charge >= 0.3 is 12.2 Å². The summed E-state index contributed by atoms with van der Waals surface area (Å²) in [4.78, 5) is 25.8. The average molecular weight is 425 g/mol. The molecule has 0 radical (unpaired) electrons. The third-order valence-electron chi connectivity index (χ3n) is 4.14. The molecule has 0 fully saturated rings. The van der Waals surface area contributed by atoms with E-state index in [4.69, 9.17) is 19.3 Å². The number of amides is 2. The Morgan fingerprint density at radius 2 is 1.67 bits per heavy atom. The molecule has 1 aromatic rings. The van der Waals surface area contributed by atoms with Crippen molar-refractivity contribution in [3.05, 3.63) is 29.8 Å². The molecule has 0 aliphatic heterocycles. The number of carbonyl (C=O) groups is 2. The number of nitrogens with zero attached hydrogens (tertiary/aromatic N) is 1. The highest BCUT2D eigenvalue weighted by Gasteiger charge is 2.21. The molecular weight excluding hydrogens is 388 g/mol. The molecule has 0 saturated carbocycles. The van der Waals surface area contributed by atoms with Crippen molar-refractivity contribution in [1.82, 2.24) is 10.2 Å². The number of unbranched alkanes of at least 4 members (excludes halogenated alkanes) is 2. The van der Waals surface area contributed by atoms with E-state index in [2.05, 4.69) is 5.32 Å². The number of rotatable bonds is 12. The van der Waals surface area contributed by atoms with Crippen LogP contribution in [0.2, 0.25) is 0 Å². The third kappa shape index (κ3) is 11.5. The van der Waals surface area contributed by atoms with Gasteiger partial charge in [-0.05, 0) is 64.2 Å². The molecule has 0 aliphatic carbocycles. The van der Waals surface area contributed by atoms with Crippen LogP contribution in [-0.2, 0) is 16.1 Å². The van der Waals surface area contributed by atoms with Gasteiger partial charge in [-0.1, -0.05) is 12.1 Å². The molecule has 2 N–H and O–H groups in total. The summed E-state index contributed by atoms with van der Waals surface area (Å²) >= 11 is 0. The van der Waals surface area contributed by atoms with Crippen molar-refractivity contribution in [1.29, 1.82) is 0 Å². The Balaban J connectivity index is 2.28. The molecule has 0 heterocycles. The number of aliphatic hydroxyl groups is 1. The van der Waals surface area contributed by atoms with Crippen LogP contribution < -0.4 is 10.1 Å². The summed E-state index contributed by atoms with van der Waals surface area (Å²) in [5.41, 5.74) is 0.323. The molecule has 30 heavy (non-hydrogen) atoms. The molecule has 1 aromatic carbocycles. The molecule has 0 aromatic heterocycles. The Morgan fingerprint density at radius 1 is 1.03 bits per heavy atom. The summed E-state index contributed by atoms with van der Waals surface area (Å²) < 4.78 is 15.7. The van der Waals surface area contributed by atoms with Gasteiger partial charge in [0.25, 0.3) is 0 Å². The van der Waals surface area contributed by atoms with Crippen LogP contribution in [0.15, 0.2) is 24.3 Å². The molecule has 8 heteroatoms. The molecule has 0 aliphatic rings. The molecule has 0 spiro atoms. The van der Waals surface area contributed by atoms with E-state index in [1.807, 2.05) is 45.0 Å².